The lowest BCUT2D eigenvalue weighted by atomic mass is 9.92. The van der Waals surface area contributed by atoms with E-state index in [1.165, 1.54) is 12.2 Å². The van der Waals surface area contributed by atoms with Crippen molar-refractivity contribution >= 4 is 17.6 Å². The molecule has 5 heteroatoms. The number of aliphatic hydroxyl groups is 2. The number of carbonyl (C=O) groups excluding carboxylic acids is 1. The third-order valence-electron chi connectivity index (χ3n) is 1.61. The van der Waals surface area contributed by atoms with Gasteiger partial charge < -0.3 is 20.1 Å². The second kappa shape index (κ2) is 2.90. The van der Waals surface area contributed by atoms with Crippen LogP contribution in [0.25, 0.3) is 0 Å². The molecule has 0 unspecified atom stereocenters. The molecule has 2 atom stereocenters. The molecule has 0 bridgehead atoms. The molecule has 0 aromatic heterocycles. The maximum atomic E-state index is 10.4. The average Bonchev–Trinajstić information content (AvgIpc) is 2.00. The molecule has 1 rings (SSSR count). The summed E-state index contributed by atoms with van der Waals surface area (Å²) in [5, 5.41) is 28.6. The zero-order valence-electron chi connectivity index (χ0n) is 5.90. The minimum absolute atomic E-state index is 0.135. The van der Waals surface area contributed by atoms with E-state index in [0.717, 1.165) is 6.08 Å². The molecule has 1 aliphatic rings. The monoisotopic (exact) mass is 189 g/mol. The van der Waals surface area contributed by atoms with Crippen molar-refractivity contribution in [2.75, 3.05) is 0 Å². The van der Waals surface area contributed by atoms with E-state index >= 15 is 0 Å². The summed E-state index contributed by atoms with van der Waals surface area (Å²) in [5.74, 6) is -1.78. The lowest BCUT2D eigenvalue weighted by molar-refractivity contribution is -0.324. The second-order valence-electron chi connectivity index (χ2n) is 2.43. The Hall–Kier alpha value is -0.840. The summed E-state index contributed by atoms with van der Waals surface area (Å²) < 4.78 is 0. The van der Waals surface area contributed by atoms with Crippen LogP contribution in [-0.4, -0.2) is 27.9 Å². The number of halogens is 1. The highest BCUT2D eigenvalue weighted by atomic mass is 35.5. The van der Waals surface area contributed by atoms with Gasteiger partial charge in [-0.15, -0.1) is 0 Å². The van der Waals surface area contributed by atoms with Crippen LogP contribution in [0.5, 0.6) is 0 Å². The molecule has 0 radical (unpaired) electrons. The molecular weight excluding hydrogens is 184 g/mol. The number of carboxylic acid groups (broad SMARTS) is 1. The summed E-state index contributed by atoms with van der Waals surface area (Å²) in [4.78, 5) is 10.4. The van der Waals surface area contributed by atoms with Crippen LogP contribution in [-0.2, 0) is 4.79 Å². The summed E-state index contributed by atoms with van der Waals surface area (Å²) in [5.41, 5.74) is -2.41. The number of rotatable bonds is 1. The van der Waals surface area contributed by atoms with Crippen LogP contribution in [0.1, 0.15) is 0 Å². The van der Waals surface area contributed by atoms with Crippen molar-refractivity contribution in [3.05, 3.63) is 23.3 Å². The first-order valence-electron chi connectivity index (χ1n) is 3.15. The third-order valence-corrected chi connectivity index (χ3v) is 1.94. The first-order valence-corrected chi connectivity index (χ1v) is 3.53. The van der Waals surface area contributed by atoms with Gasteiger partial charge in [-0.25, -0.2) is 0 Å². The van der Waals surface area contributed by atoms with Crippen LogP contribution < -0.4 is 5.11 Å². The Labute approximate surface area is 73.4 Å². The molecule has 0 fully saturated rings. The minimum Gasteiger partial charge on any atom is -0.547 e. The highest BCUT2D eigenvalue weighted by Gasteiger charge is 2.38. The highest BCUT2D eigenvalue weighted by Crippen LogP contribution is 2.25. The maximum absolute atomic E-state index is 10.4. The van der Waals surface area contributed by atoms with Crippen LogP contribution in [0.4, 0.5) is 0 Å². The quantitative estimate of drug-likeness (QED) is 0.527. The second-order valence-corrected chi connectivity index (χ2v) is 2.86. The summed E-state index contributed by atoms with van der Waals surface area (Å²) in [6.07, 6.45) is 1.79. The molecule has 1 aliphatic carbocycles. The summed E-state index contributed by atoms with van der Waals surface area (Å²) in [6.45, 7) is 0. The molecule has 2 N–H and O–H groups in total. The van der Waals surface area contributed by atoms with E-state index in [9.17, 15) is 15.0 Å². The Kier molecular flexibility index (Phi) is 2.23. The van der Waals surface area contributed by atoms with Crippen molar-refractivity contribution in [1.82, 2.24) is 0 Å². The van der Waals surface area contributed by atoms with Gasteiger partial charge >= 0.3 is 0 Å². The number of carboxylic acids is 1. The number of hydrogen-bond acceptors (Lipinski definition) is 4. The lowest BCUT2D eigenvalue weighted by Gasteiger charge is -2.32. The standard InChI is InChI=1S/C7H7ClO4/c8-4-2-1-3-7(12,5(4)9)6(10)11/h1-3,5,9,12H,(H,10,11)/p-1/t5-,7+/m0/s1. The molecule has 12 heavy (non-hydrogen) atoms. The highest BCUT2D eigenvalue weighted by molar-refractivity contribution is 6.30. The SMILES string of the molecule is O=C([O-])[C@@]1(O)C=CC=C(Cl)[C@@H]1O. The van der Waals surface area contributed by atoms with Crippen molar-refractivity contribution in [2.45, 2.75) is 11.7 Å². The van der Waals surface area contributed by atoms with Crippen molar-refractivity contribution in [1.29, 1.82) is 0 Å². The maximum Gasteiger partial charge on any atom is 0.153 e. The number of aliphatic hydroxyl groups excluding tert-OH is 1. The van der Waals surface area contributed by atoms with E-state index in [4.69, 9.17) is 16.7 Å². The predicted octanol–water partition coefficient (Wildman–Crippen LogP) is -1.48. The van der Waals surface area contributed by atoms with Crippen LogP contribution in [0.3, 0.4) is 0 Å². The smallest absolute Gasteiger partial charge is 0.153 e. The van der Waals surface area contributed by atoms with Gasteiger partial charge in [0.15, 0.2) is 5.60 Å². The summed E-state index contributed by atoms with van der Waals surface area (Å²) >= 11 is 5.40. The molecule has 4 nitrogen and oxygen atoms in total. The molecule has 0 aromatic carbocycles. The Morgan fingerprint density at radius 2 is 2.33 bits per heavy atom. The number of carbonyl (C=O) groups is 1. The molecule has 0 amide bonds. The van der Waals surface area contributed by atoms with Gasteiger partial charge in [0.05, 0.1) is 11.0 Å². The molecule has 0 heterocycles. The van der Waals surface area contributed by atoms with Crippen LogP contribution >= 0.6 is 11.6 Å². The minimum atomic E-state index is -2.41. The number of allylic oxidation sites excluding steroid dienone is 2. The van der Waals surface area contributed by atoms with E-state index < -0.39 is 17.7 Å². The first kappa shape index (κ1) is 9.25. The van der Waals surface area contributed by atoms with Gasteiger partial charge in [-0.2, -0.15) is 0 Å². The van der Waals surface area contributed by atoms with E-state index in [1.54, 1.807) is 0 Å². The largest absolute Gasteiger partial charge is 0.547 e. The summed E-state index contributed by atoms with van der Waals surface area (Å²) in [7, 11) is 0. The van der Waals surface area contributed by atoms with E-state index in [1.807, 2.05) is 0 Å². The molecule has 66 valence electrons. The van der Waals surface area contributed by atoms with Gasteiger partial charge in [0, 0.05) is 0 Å². The zero-order valence-corrected chi connectivity index (χ0v) is 6.65. The molecule has 0 spiro atoms. The third kappa shape index (κ3) is 1.24. The van der Waals surface area contributed by atoms with E-state index in [2.05, 4.69) is 0 Å². The fraction of sp³-hybridized carbons (Fsp3) is 0.286. The van der Waals surface area contributed by atoms with Gasteiger partial charge in [0.2, 0.25) is 0 Å². The van der Waals surface area contributed by atoms with Gasteiger partial charge in [-0.05, 0) is 12.2 Å². The van der Waals surface area contributed by atoms with Gasteiger partial charge in [-0.3, -0.25) is 0 Å². The van der Waals surface area contributed by atoms with E-state index in [-0.39, 0.29) is 5.03 Å². The molecule has 0 aromatic rings. The molecular formula is C7H6ClO4-. The van der Waals surface area contributed by atoms with Crippen LogP contribution in [0, 0.1) is 0 Å². The van der Waals surface area contributed by atoms with Crippen LogP contribution in [0.15, 0.2) is 23.3 Å². The Morgan fingerprint density at radius 1 is 1.75 bits per heavy atom. The van der Waals surface area contributed by atoms with Crippen molar-refractivity contribution in [3.8, 4) is 0 Å². The Morgan fingerprint density at radius 3 is 2.75 bits per heavy atom. The Balaban J connectivity index is 3.03. The summed E-state index contributed by atoms with van der Waals surface area (Å²) in [6, 6.07) is 0. The van der Waals surface area contributed by atoms with E-state index in [0.29, 0.717) is 0 Å². The fourth-order valence-corrected chi connectivity index (χ4v) is 1.10. The molecule has 0 saturated heterocycles. The molecule has 0 aliphatic heterocycles. The zero-order chi connectivity index (χ0) is 9.35. The van der Waals surface area contributed by atoms with Crippen LogP contribution in [0.2, 0.25) is 0 Å². The average molecular weight is 190 g/mol. The first-order chi connectivity index (χ1) is 5.48. The fourth-order valence-electron chi connectivity index (χ4n) is 0.859. The number of aliphatic carboxylic acids is 1. The molecule has 0 saturated carbocycles. The van der Waals surface area contributed by atoms with Gasteiger partial charge in [0.25, 0.3) is 0 Å². The predicted molar refractivity (Wildman–Crippen MR) is 39.0 cm³/mol. The van der Waals surface area contributed by atoms with Crippen molar-refractivity contribution in [3.63, 3.8) is 0 Å². The normalized spacial score (nSPS) is 34.6. The number of hydrogen-bond donors (Lipinski definition) is 2. The van der Waals surface area contributed by atoms with Crippen molar-refractivity contribution in [2.24, 2.45) is 0 Å². The Bertz CT molecular complexity index is 271. The van der Waals surface area contributed by atoms with Gasteiger partial charge in [0.1, 0.15) is 6.10 Å². The lowest BCUT2D eigenvalue weighted by Crippen LogP contribution is -2.55. The van der Waals surface area contributed by atoms with Gasteiger partial charge in [-0.1, -0.05) is 17.7 Å². The van der Waals surface area contributed by atoms with Crippen molar-refractivity contribution < 1.29 is 20.1 Å². The topological polar surface area (TPSA) is 80.6 Å².